The normalized spacial score (nSPS) is 10.6. The number of nitrogens with zero attached hydrogens (tertiary/aromatic N) is 3. The maximum atomic E-state index is 4.68. The summed E-state index contributed by atoms with van der Waals surface area (Å²) in [6.45, 7) is 7.00. The first-order valence-electron chi connectivity index (χ1n) is 8.46. The number of aryl methyl sites for hydroxylation is 3. The van der Waals surface area contributed by atoms with Crippen LogP contribution < -0.4 is 10.2 Å². The summed E-state index contributed by atoms with van der Waals surface area (Å²) in [5.74, 6) is 1.53. The number of hydrogen-bond donors (Lipinski definition) is 1. The quantitative estimate of drug-likeness (QED) is 0.730. The van der Waals surface area contributed by atoms with Crippen molar-refractivity contribution in [1.82, 2.24) is 9.97 Å². The lowest BCUT2D eigenvalue weighted by molar-refractivity contribution is 0.861. The van der Waals surface area contributed by atoms with Crippen LogP contribution in [0.3, 0.4) is 0 Å². The topological polar surface area (TPSA) is 41.1 Å². The van der Waals surface area contributed by atoms with Crippen molar-refractivity contribution in [2.45, 2.75) is 27.3 Å². The summed E-state index contributed by atoms with van der Waals surface area (Å²) < 4.78 is 0. The molecule has 0 fully saturated rings. The fourth-order valence-electron chi connectivity index (χ4n) is 2.68. The molecule has 0 saturated heterocycles. The highest BCUT2D eigenvalue weighted by Gasteiger charge is 2.09. The molecule has 4 heteroatoms. The van der Waals surface area contributed by atoms with Gasteiger partial charge in [-0.05, 0) is 49.6 Å². The minimum atomic E-state index is 0.718. The monoisotopic (exact) mass is 332 g/mol. The molecule has 0 atom stereocenters. The van der Waals surface area contributed by atoms with E-state index in [4.69, 9.17) is 0 Å². The van der Waals surface area contributed by atoms with E-state index in [1.54, 1.807) is 0 Å². The Labute approximate surface area is 149 Å². The molecule has 0 unspecified atom stereocenters. The average Bonchev–Trinajstić information content (AvgIpc) is 2.58. The van der Waals surface area contributed by atoms with Gasteiger partial charge in [-0.2, -0.15) is 4.98 Å². The zero-order chi connectivity index (χ0) is 17.8. The number of aromatic nitrogens is 2. The van der Waals surface area contributed by atoms with Crippen molar-refractivity contribution in [3.05, 3.63) is 77.0 Å². The van der Waals surface area contributed by atoms with Crippen LogP contribution in [0, 0.1) is 20.8 Å². The Morgan fingerprint density at radius 2 is 1.64 bits per heavy atom. The van der Waals surface area contributed by atoms with E-state index >= 15 is 0 Å². The molecule has 0 amide bonds. The smallest absolute Gasteiger partial charge is 0.227 e. The van der Waals surface area contributed by atoms with Crippen LogP contribution in [-0.2, 0) is 6.54 Å². The molecule has 1 N–H and O–H groups in total. The fraction of sp³-hybridized carbons (Fsp3) is 0.238. The zero-order valence-electron chi connectivity index (χ0n) is 15.2. The third-order valence-electron chi connectivity index (χ3n) is 4.23. The fourth-order valence-corrected chi connectivity index (χ4v) is 2.68. The van der Waals surface area contributed by atoms with Crippen LogP contribution in [0.15, 0.2) is 54.6 Å². The van der Waals surface area contributed by atoms with E-state index in [-0.39, 0.29) is 0 Å². The molecule has 25 heavy (non-hydrogen) atoms. The predicted octanol–water partition coefficient (Wildman–Crippen LogP) is 4.78. The lowest BCUT2D eigenvalue weighted by Gasteiger charge is -2.19. The highest BCUT2D eigenvalue weighted by atomic mass is 15.2. The Kier molecular flexibility index (Phi) is 4.98. The van der Waals surface area contributed by atoms with Crippen molar-refractivity contribution in [3.63, 3.8) is 0 Å². The Morgan fingerprint density at radius 1 is 0.880 bits per heavy atom. The van der Waals surface area contributed by atoms with Gasteiger partial charge in [0, 0.05) is 31.0 Å². The second kappa shape index (κ2) is 7.34. The van der Waals surface area contributed by atoms with Gasteiger partial charge in [-0.15, -0.1) is 0 Å². The maximum absolute atomic E-state index is 4.68. The molecule has 128 valence electrons. The number of rotatable bonds is 5. The molecule has 3 rings (SSSR count). The van der Waals surface area contributed by atoms with Gasteiger partial charge in [0.25, 0.3) is 0 Å². The minimum Gasteiger partial charge on any atom is -0.340 e. The molecule has 0 aliphatic heterocycles. The van der Waals surface area contributed by atoms with Gasteiger partial charge in [-0.1, -0.05) is 36.4 Å². The Bertz CT molecular complexity index is 859. The summed E-state index contributed by atoms with van der Waals surface area (Å²) in [5.41, 5.74) is 5.76. The van der Waals surface area contributed by atoms with E-state index in [0.717, 1.165) is 29.7 Å². The van der Waals surface area contributed by atoms with Gasteiger partial charge >= 0.3 is 0 Å². The second-order valence-corrected chi connectivity index (χ2v) is 6.46. The van der Waals surface area contributed by atoms with Crippen molar-refractivity contribution in [1.29, 1.82) is 0 Å². The third kappa shape index (κ3) is 4.35. The van der Waals surface area contributed by atoms with Crippen molar-refractivity contribution >= 4 is 17.5 Å². The van der Waals surface area contributed by atoms with Crippen molar-refractivity contribution in [3.8, 4) is 0 Å². The van der Waals surface area contributed by atoms with Crippen LogP contribution in [0.1, 0.15) is 22.4 Å². The lowest BCUT2D eigenvalue weighted by Crippen LogP contribution is -2.19. The minimum absolute atomic E-state index is 0.718. The Morgan fingerprint density at radius 3 is 2.36 bits per heavy atom. The van der Waals surface area contributed by atoms with Gasteiger partial charge in [-0.25, -0.2) is 4.98 Å². The average molecular weight is 332 g/mol. The van der Waals surface area contributed by atoms with Crippen LogP contribution >= 0.6 is 0 Å². The van der Waals surface area contributed by atoms with Crippen LogP contribution in [0.25, 0.3) is 0 Å². The van der Waals surface area contributed by atoms with Crippen molar-refractivity contribution in [2.75, 3.05) is 17.3 Å². The summed E-state index contributed by atoms with van der Waals surface area (Å²) in [6, 6.07) is 18.6. The number of anilines is 3. The zero-order valence-corrected chi connectivity index (χ0v) is 15.2. The number of benzene rings is 2. The highest BCUT2D eigenvalue weighted by molar-refractivity contribution is 5.59. The predicted molar refractivity (Wildman–Crippen MR) is 105 cm³/mol. The molecule has 2 aromatic carbocycles. The van der Waals surface area contributed by atoms with E-state index in [1.165, 1.54) is 16.7 Å². The molecule has 0 spiro atoms. The Balaban J connectivity index is 1.81. The molecule has 0 aliphatic rings. The van der Waals surface area contributed by atoms with Crippen molar-refractivity contribution in [2.24, 2.45) is 0 Å². The molecular formula is C21H24N4. The molecule has 0 bridgehead atoms. The standard InChI is InChI=1S/C21H24N4/c1-15-10-11-19(12-16(15)2)23-20-13-17(3)22-21(24-20)25(4)14-18-8-6-5-7-9-18/h5-13H,14H2,1-4H3,(H,22,23,24). The van der Waals surface area contributed by atoms with Gasteiger partial charge in [0.15, 0.2) is 0 Å². The van der Waals surface area contributed by atoms with Gasteiger partial charge in [0.2, 0.25) is 5.95 Å². The van der Waals surface area contributed by atoms with E-state index < -0.39 is 0 Å². The third-order valence-corrected chi connectivity index (χ3v) is 4.23. The molecular weight excluding hydrogens is 308 g/mol. The van der Waals surface area contributed by atoms with E-state index in [1.807, 2.05) is 38.2 Å². The molecule has 3 aromatic rings. The molecule has 1 heterocycles. The molecule has 4 nitrogen and oxygen atoms in total. The second-order valence-electron chi connectivity index (χ2n) is 6.46. The van der Waals surface area contributed by atoms with Crippen LogP contribution in [0.2, 0.25) is 0 Å². The molecule has 1 aromatic heterocycles. The summed E-state index contributed by atoms with van der Waals surface area (Å²) in [6.07, 6.45) is 0. The van der Waals surface area contributed by atoms with Gasteiger partial charge in [0.05, 0.1) is 0 Å². The Hall–Kier alpha value is -2.88. The van der Waals surface area contributed by atoms with Crippen LogP contribution in [0.4, 0.5) is 17.5 Å². The largest absolute Gasteiger partial charge is 0.340 e. The molecule has 0 saturated carbocycles. The highest BCUT2D eigenvalue weighted by Crippen LogP contribution is 2.21. The van der Waals surface area contributed by atoms with Crippen molar-refractivity contribution < 1.29 is 0 Å². The summed E-state index contributed by atoms with van der Waals surface area (Å²) in [5, 5.41) is 3.39. The summed E-state index contributed by atoms with van der Waals surface area (Å²) in [7, 11) is 2.02. The first-order chi connectivity index (χ1) is 12.0. The SMILES string of the molecule is Cc1cc(Nc2ccc(C)c(C)c2)nc(N(C)Cc2ccccc2)n1. The lowest BCUT2D eigenvalue weighted by atomic mass is 10.1. The van der Waals surface area contributed by atoms with E-state index in [9.17, 15) is 0 Å². The number of nitrogens with one attached hydrogen (secondary N) is 1. The van der Waals surface area contributed by atoms with Crippen LogP contribution in [-0.4, -0.2) is 17.0 Å². The first kappa shape index (κ1) is 17.0. The van der Waals surface area contributed by atoms with Gasteiger partial charge in [-0.3, -0.25) is 0 Å². The maximum Gasteiger partial charge on any atom is 0.227 e. The van der Waals surface area contributed by atoms with E-state index in [0.29, 0.717) is 0 Å². The van der Waals surface area contributed by atoms with Crippen LogP contribution in [0.5, 0.6) is 0 Å². The van der Waals surface area contributed by atoms with Gasteiger partial charge < -0.3 is 10.2 Å². The van der Waals surface area contributed by atoms with Gasteiger partial charge in [0.1, 0.15) is 5.82 Å². The molecule has 0 radical (unpaired) electrons. The molecule has 0 aliphatic carbocycles. The van der Waals surface area contributed by atoms with E-state index in [2.05, 4.69) is 64.4 Å². The number of hydrogen-bond acceptors (Lipinski definition) is 4. The summed E-state index contributed by atoms with van der Waals surface area (Å²) >= 11 is 0. The summed E-state index contributed by atoms with van der Waals surface area (Å²) in [4.78, 5) is 11.3. The first-order valence-corrected chi connectivity index (χ1v) is 8.46.